The Balaban J connectivity index is 0.00000180. The van der Waals surface area contributed by atoms with E-state index in [9.17, 15) is 10.1 Å². The molecule has 0 saturated heterocycles. The van der Waals surface area contributed by atoms with Gasteiger partial charge < -0.3 is 10.6 Å². The lowest BCUT2D eigenvalue weighted by atomic mass is 10.2. The zero-order valence-corrected chi connectivity index (χ0v) is 13.0. The molecule has 0 bridgehead atoms. The first kappa shape index (κ1) is 15.7. The summed E-state index contributed by atoms with van der Waals surface area (Å²) in [5, 5.41) is 10.5. The number of halogens is 1. The maximum atomic E-state index is 10.5. The van der Waals surface area contributed by atoms with Gasteiger partial charge in [0.2, 0.25) is 0 Å². The molecule has 0 atom stereocenters. The van der Waals surface area contributed by atoms with Crippen molar-refractivity contribution in [2.45, 2.75) is 25.4 Å². The van der Waals surface area contributed by atoms with Crippen molar-refractivity contribution in [1.82, 2.24) is 4.90 Å². The molecule has 0 amide bonds. The van der Waals surface area contributed by atoms with Gasteiger partial charge in [-0.25, -0.2) is 4.99 Å². The van der Waals surface area contributed by atoms with Crippen molar-refractivity contribution in [3.63, 3.8) is 0 Å². The first-order valence-electron chi connectivity index (χ1n) is 5.84. The molecule has 0 heterocycles. The number of nitro benzene ring substituents is 1. The SMILES string of the molecule is CN(C(N)=NCc1ccc([N+](=O)[O-])cc1)C1CC1.I. The van der Waals surface area contributed by atoms with Crippen LogP contribution in [0.25, 0.3) is 0 Å². The number of hydrogen-bond donors (Lipinski definition) is 1. The third-order valence-electron chi connectivity index (χ3n) is 3.03. The highest BCUT2D eigenvalue weighted by Gasteiger charge is 2.27. The number of nitrogens with zero attached hydrogens (tertiary/aromatic N) is 3. The van der Waals surface area contributed by atoms with Crippen LogP contribution in [0.2, 0.25) is 0 Å². The van der Waals surface area contributed by atoms with Gasteiger partial charge in [-0.15, -0.1) is 24.0 Å². The minimum atomic E-state index is -0.414. The van der Waals surface area contributed by atoms with Gasteiger partial charge in [-0.05, 0) is 18.4 Å². The Kier molecular flexibility index (Phi) is 5.52. The molecule has 1 aliphatic carbocycles. The van der Waals surface area contributed by atoms with Gasteiger partial charge in [-0.2, -0.15) is 0 Å². The van der Waals surface area contributed by atoms with Crippen molar-refractivity contribution in [2.75, 3.05) is 7.05 Å². The fourth-order valence-corrected chi connectivity index (χ4v) is 1.66. The van der Waals surface area contributed by atoms with Crippen LogP contribution in [0.3, 0.4) is 0 Å². The normalized spacial score (nSPS) is 14.7. The van der Waals surface area contributed by atoms with Gasteiger partial charge in [0.25, 0.3) is 5.69 Å². The molecule has 19 heavy (non-hydrogen) atoms. The van der Waals surface area contributed by atoms with Gasteiger partial charge in [0.05, 0.1) is 11.5 Å². The van der Waals surface area contributed by atoms with E-state index < -0.39 is 4.92 Å². The second-order valence-corrected chi connectivity index (χ2v) is 4.44. The lowest BCUT2D eigenvalue weighted by Crippen LogP contribution is -2.35. The Labute approximate surface area is 128 Å². The second kappa shape index (κ2) is 6.69. The van der Waals surface area contributed by atoms with Crippen LogP contribution in [-0.4, -0.2) is 28.9 Å². The van der Waals surface area contributed by atoms with Crippen molar-refractivity contribution in [3.05, 3.63) is 39.9 Å². The summed E-state index contributed by atoms with van der Waals surface area (Å²) in [6, 6.07) is 6.89. The molecule has 1 aromatic rings. The first-order chi connectivity index (χ1) is 8.58. The topological polar surface area (TPSA) is 84.8 Å². The number of rotatable bonds is 4. The highest BCUT2D eigenvalue weighted by atomic mass is 127. The largest absolute Gasteiger partial charge is 0.370 e. The molecule has 0 spiro atoms. The molecule has 0 radical (unpaired) electrons. The molecular weight excluding hydrogens is 359 g/mol. The van der Waals surface area contributed by atoms with Gasteiger partial charge in [0.15, 0.2) is 5.96 Å². The standard InChI is InChI=1S/C12H16N4O2.HI/c1-15(10-6-7-10)12(13)14-8-9-2-4-11(5-3-9)16(17)18;/h2-5,10H,6-8H2,1H3,(H2,13,14);1H. The van der Waals surface area contributed by atoms with Crippen LogP contribution in [-0.2, 0) is 6.54 Å². The van der Waals surface area contributed by atoms with E-state index in [1.54, 1.807) is 12.1 Å². The van der Waals surface area contributed by atoms with E-state index in [0.29, 0.717) is 18.5 Å². The van der Waals surface area contributed by atoms with E-state index in [0.717, 1.165) is 5.56 Å². The molecule has 0 unspecified atom stereocenters. The number of guanidine groups is 1. The van der Waals surface area contributed by atoms with Crippen LogP contribution in [0.4, 0.5) is 5.69 Å². The van der Waals surface area contributed by atoms with E-state index in [4.69, 9.17) is 5.73 Å². The molecule has 7 heteroatoms. The summed E-state index contributed by atoms with van der Waals surface area (Å²) in [7, 11) is 1.94. The fraction of sp³-hybridized carbons (Fsp3) is 0.417. The van der Waals surface area contributed by atoms with Crippen LogP contribution >= 0.6 is 24.0 Å². The minimum Gasteiger partial charge on any atom is -0.370 e. The van der Waals surface area contributed by atoms with Gasteiger partial charge in [0.1, 0.15) is 0 Å². The molecule has 104 valence electrons. The number of benzene rings is 1. The van der Waals surface area contributed by atoms with E-state index >= 15 is 0 Å². The minimum absolute atomic E-state index is 0. The predicted molar refractivity (Wildman–Crippen MR) is 84.6 cm³/mol. The van der Waals surface area contributed by atoms with Gasteiger partial charge >= 0.3 is 0 Å². The number of nitro groups is 1. The summed E-state index contributed by atoms with van der Waals surface area (Å²) in [4.78, 5) is 16.3. The molecular formula is C12H17IN4O2. The van der Waals surface area contributed by atoms with E-state index in [2.05, 4.69) is 4.99 Å². The maximum absolute atomic E-state index is 10.5. The average molecular weight is 376 g/mol. The number of non-ortho nitro benzene ring substituents is 1. The van der Waals surface area contributed by atoms with Crippen molar-refractivity contribution in [3.8, 4) is 0 Å². The Morgan fingerprint density at radius 2 is 2.05 bits per heavy atom. The Hall–Kier alpha value is -1.38. The molecule has 2 rings (SSSR count). The highest BCUT2D eigenvalue weighted by molar-refractivity contribution is 14.0. The van der Waals surface area contributed by atoms with Crippen LogP contribution in [0.15, 0.2) is 29.3 Å². The number of hydrogen-bond acceptors (Lipinski definition) is 3. The predicted octanol–water partition coefficient (Wildman–Crippen LogP) is 2.12. The number of aliphatic imine (C=N–C) groups is 1. The van der Waals surface area contributed by atoms with Crippen molar-refractivity contribution < 1.29 is 4.92 Å². The summed E-state index contributed by atoms with van der Waals surface area (Å²) in [5.41, 5.74) is 6.85. The maximum Gasteiger partial charge on any atom is 0.269 e. The highest BCUT2D eigenvalue weighted by Crippen LogP contribution is 2.24. The second-order valence-electron chi connectivity index (χ2n) is 4.44. The summed E-state index contributed by atoms with van der Waals surface area (Å²) in [5.74, 6) is 0.524. The molecule has 1 aromatic carbocycles. The van der Waals surface area contributed by atoms with E-state index in [1.807, 2.05) is 11.9 Å². The van der Waals surface area contributed by atoms with Crippen molar-refractivity contribution in [2.24, 2.45) is 10.7 Å². The third kappa shape index (κ3) is 4.34. The van der Waals surface area contributed by atoms with Gasteiger partial charge in [-0.3, -0.25) is 10.1 Å². The van der Waals surface area contributed by atoms with Crippen LogP contribution in [0, 0.1) is 10.1 Å². The molecule has 1 saturated carbocycles. The van der Waals surface area contributed by atoms with Crippen LogP contribution in [0.1, 0.15) is 18.4 Å². The quantitative estimate of drug-likeness (QED) is 0.287. The molecule has 0 aromatic heterocycles. The third-order valence-corrected chi connectivity index (χ3v) is 3.03. The summed E-state index contributed by atoms with van der Waals surface area (Å²) in [6.45, 7) is 0.445. The van der Waals surface area contributed by atoms with Gasteiger partial charge in [-0.1, -0.05) is 12.1 Å². The zero-order chi connectivity index (χ0) is 13.1. The first-order valence-corrected chi connectivity index (χ1v) is 5.84. The van der Waals surface area contributed by atoms with E-state index in [1.165, 1.54) is 25.0 Å². The summed E-state index contributed by atoms with van der Waals surface area (Å²) in [6.07, 6.45) is 2.34. The Morgan fingerprint density at radius 3 is 2.53 bits per heavy atom. The van der Waals surface area contributed by atoms with Gasteiger partial charge in [0, 0.05) is 25.2 Å². The Bertz CT molecular complexity index is 471. The molecule has 6 nitrogen and oxygen atoms in total. The average Bonchev–Trinajstić information content (AvgIpc) is 3.19. The molecule has 2 N–H and O–H groups in total. The fourth-order valence-electron chi connectivity index (χ4n) is 1.66. The smallest absolute Gasteiger partial charge is 0.269 e. The molecule has 1 fully saturated rings. The number of nitrogens with two attached hydrogens (primary N) is 1. The molecule has 1 aliphatic rings. The van der Waals surface area contributed by atoms with Crippen molar-refractivity contribution >= 4 is 35.6 Å². The summed E-state index contributed by atoms with van der Waals surface area (Å²) >= 11 is 0. The monoisotopic (exact) mass is 376 g/mol. The Morgan fingerprint density at radius 1 is 1.47 bits per heavy atom. The van der Waals surface area contributed by atoms with Crippen molar-refractivity contribution in [1.29, 1.82) is 0 Å². The lowest BCUT2D eigenvalue weighted by molar-refractivity contribution is -0.384. The lowest BCUT2D eigenvalue weighted by Gasteiger charge is -2.16. The van der Waals surface area contributed by atoms with Crippen LogP contribution < -0.4 is 5.73 Å². The zero-order valence-electron chi connectivity index (χ0n) is 10.7. The summed E-state index contributed by atoms with van der Waals surface area (Å²) < 4.78 is 0. The van der Waals surface area contributed by atoms with E-state index in [-0.39, 0.29) is 29.7 Å². The van der Waals surface area contributed by atoms with Crippen LogP contribution in [0.5, 0.6) is 0 Å². The molecule has 0 aliphatic heterocycles.